The van der Waals surface area contributed by atoms with Gasteiger partial charge in [-0.2, -0.15) is 0 Å². The van der Waals surface area contributed by atoms with E-state index in [4.69, 9.17) is 9.26 Å². The van der Waals surface area contributed by atoms with Crippen LogP contribution in [0.15, 0.2) is 45.8 Å². The van der Waals surface area contributed by atoms with Crippen LogP contribution in [0.25, 0.3) is 22.0 Å². The molecule has 4 aromatic rings. The summed E-state index contributed by atoms with van der Waals surface area (Å²) < 4.78 is 12.1. The van der Waals surface area contributed by atoms with Gasteiger partial charge in [0.05, 0.1) is 6.61 Å². The van der Waals surface area contributed by atoms with Crippen molar-refractivity contribution in [3.8, 4) is 11.1 Å². The zero-order valence-corrected chi connectivity index (χ0v) is 19.1. The van der Waals surface area contributed by atoms with Crippen LogP contribution in [0.5, 0.6) is 0 Å². The van der Waals surface area contributed by atoms with Gasteiger partial charge >= 0.3 is 11.7 Å². The molecule has 8 heteroatoms. The Morgan fingerprint density at radius 3 is 2.73 bits per heavy atom. The van der Waals surface area contributed by atoms with Gasteiger partial charge in [-0.05, 0) is 73.6 Å². The second-order valence-electron chi connectivity index (χ2n) is 8.62. The molecule has 0 unspecified atom stereocenters. The lowest BCUT2D eigenvalue weighted by molar-refractivity contribution is 0.0511. The molecule has 170 valence electrons. The summed E-state index contributed by atoms with van der Waals surface area (Å²) in [6, 6.07) is 10.0. The zero-order valence-electron chi connectivity index (χ0n) is 19.1. The molecule has 0 saturated heterocycles. The molecule has 1 aliphatic carbocycles. The third kappa shape index (κ3) is 3.20. The molecule has 0 radical (unpaired) electrons. The molecule has 1 fully saturated rings. The molecule has 33 heavy (non-hydrogen) atoms. The van der Waals surface area contributed by atoms with Crippen LogP contribution in [0, 0.1) is 12.8 Å². The topological polar surface area (TPSA) is 103 Å². The van der Waals surface area contributed by atoms with Crippen molar-refractivity contribution in [3.63, 3.8) is 0 Å². The Morgan fingerprint density at radius 1 is 1.30 bits per heavy atom. The van der Waals surface area contributed by atoms with Gasteiger partial charge in [0.2, 0.25) is 0 Å². The molecular formula is C25H26N4O4. The first-order valence-corrected chi connectivity index (χ1v) is 11.2. The maximum absolute atomic E-state index is 13.0. The van der Waals surface area contributed by atoms with E-state index in [1.807, 2.05) is 29.0 Å². The fraction of sp³-hybridized carbons (Fsp3) is 0.360. The molecule has 0 amide bonds. The minimum atomic E-state index is -0.667. The number of nitrogens with zero attached hydrogens (tertiary/aromatic N) is 3. The fourth-order valence-corrected chi connectivity index (χ4v) is 4.99. The van der Waals surface area contributed by atoms with Gasteiger partial charge in [0.25, 0.3) is 0 Å². The normalized spacial score (nSPS) is 19.7. The van der Waals surface area contributed by atoms with Crippen molar-refractivity contribution in [1.82, 2.24) is 19.7 Å². The SMILES string of the molecule is CCOC(=O)c1cc2cc(-c3ccnc(CC)c3C)ccc2n1[C@@]1(c2noc(=O)[nH]2)C[C@@H]1C. The summed E-state index contributed by atoms with van der Waals surface area (Å²) in [4.78, 5) is 31.9. The van der Waals surface area contributed by atoms with Gasteiger partial charge in [-0.3, -0.25) is 14.5 Å². The van der Waals surface area contributed by atoms with Gasteiger partial charge < -0.3 is 9.30 Å². The minimum absolute atomic E-state index is 0.149. The molecule has 0 spiro atoms. The number of rotatable bonds is 6. The summed E-state index contributed by atoms with van der Waals surface area (Å²) in [5.41, 5.74) is 5.02. The Labute approximate surface area is 190 Å². The van der Waals surface area contributed by atoms with E-state index in [2.05, 4.69) is 48.0 Å². The minimum Gasteiger partial charge on any atom is -0.461 e. The number of fused-ring (bicyclic) bond motifs is 1. The lowest BCUT2D eigenvalue weighted by Gasteiger charge is -2.20. The van der Waals surface area contributed by atoms with Crippen LogP contribution in [0.4, 0.5) is 0 Å². The number of aromatic amines is 1. The summed E-state index contributed by atoms with van der Waals surface area (Å²) in [5.74, 6) is -0.450. The summed E-state index contributed by atoms with van der Waals surface area (Å²) >= 11 is 0. The Hall–Kier alpha value is -3.68. The molecule has 8 nitrogen and oxygen atoms in total. The quantitative estimate of drug-likeness (QED) is 0.445. The van der Waals surface area contributed by atoms with Crippen molar-refractivity contribution in [2.75, 3.05) is 6.61 Å². The number of esters is 1. The zero-order chi connectivity index (χ0) is 23.3. The first-order chi connectivity index (χ1) is 15.9. The largest absolute Gasteiger partial charge is 0.461 e. The van der Waals surface area contributed by atoms with E-state index in [9.17, 15) is 9.59 Å². The third-order valence-electron chi connectivity index (χ3n) is 6.76. The number of H-pyrrole nitrogens is 1. The van der Waals surface area contributed by atoms with Crippen LogP contribution >= 0.6 is 0 Å². The fourth-order valence-electron chi connectivity index (χ4n) is 4.99. The Morgan fingerprint density at radius 2 is 2.09 bits per heavy atom. The molecule has 1 aromatic carbocycles. The highest BCUT2D eigenvalue weighted by atomic mass is 16.5. The monoisotopic (exact) mass is 446 g/mol. The van der Waals surface area contributed by atoms with Gasteiger partial charge in [-0.1, -0.05) is 25.1 Å². The molecule has 0 bridgehead atoms. The first-order valence-electron chi connectivity index (χ1n) is 11.2. The number of aromatic nitrogens is 4. The van der Waals surface area contributed by atoms with E-state index in [1.54, 1.807) is 6.92 Å². The molecule has 0 aliphatic heterocycles. The number of nitrogens with one attached hydrogen (secondary N) is 1. The summed E-state index contributed by atoms with van der Waals surface area (Å²) in [7, 11) is 0. The van der Waals surface area contributed by atoms with Gasteiger partial charge in [0, 0.05) is 22.8 Å². The number of carbonyl (C=O) groups excluding carboxylic acids is 1. The molecule has 3 heterocycles. The van der Waals surface area contributed by atoms with Crippen molar-refractivity contribution in [2.24, 2.45) is 5.92 Å². The Bertz CT molecular complexity index is 1430. The van der Waals surface area contributed by atoms with Crippen LogP contribution in [-0.4, -0.2) is 32.3 Å². The first kappa shape index (κ1) is 21.2. The van der Waals surface area contributed by atoms with E-state index >= 15 is 0 Å². The van der Waals surface area contributed by atoms with Crippen LogP contribution in [0.1, 0.15) is 54.8 Å². The van der Waals surface area contributed by atoms with Crippen LogP contribution in [0.3, 0.4) is 0 Å². The second kappa shape index (κ2) is 7.72. The van der Waals surface area contributed by atoms with Crippen LogP contribution < -0.4 is 5.76 Å². The van der Waals surface area contributed by atoms with Crippen molar-refractivity contribution in [1.29, 1.82) is 0 Å². The van der Waals surface area contributed by atoms with E-state index in [0.717, 1.165) is 46.1 Å². The van der Waals surface area contributed by atoms with Gasteiger partial charge in [-0.15, -0.1) is 0 Å². The number of hydrogen-bond acceptors (Lipinski definition) is 6. The standard InChI is InChI=1S/C25H26N4O4/c1-5-19-15(4)18(9-10-26-19)16-7-8-20-17(11-16)12-21(22(30)32-6-2)29(20)25(13-14(25)3)23-27-24(31)33-28-23/h7-12,14H,5-6,13H2,1-4H3,(H,27,28,31)/t14-,25-/m0/s1. The molecular weight excluding hydrogens is 420 g/mol. The Kier molecular flexibility index (Phi) is 4.96. The number of benzene rings is 1. The molecule has 3 aromatic heterocycles. The van der Waals surface area contributed by atoms with Gasteiger partial charge in [0.1, 0.15) is 11.2 Å². The van der Waals surface area contributed by atoms with E-state index in [-0.39, 0.29) is 12.5 Å². The molecule has 1 saturated carbocycles. The summed E-state index contributed by atoms with van der Waals surface area (Å²) in [5, 5.41) is 4.89. The maximum atomic E-state index is 13.0. The average molecular weight is 447 g/mol. The second-order valence-corrected chi connectivity index (χ2v) is 8.62. The highest BCUT2D eigenvalue weighted by Crippen LogP contribution is 2.55. The van der Waals surface area contributed by atoms with E-state index < -0.39 is 17.3 Å². The number of ether oxygens (including phenoxy) is 1. The third-order valence-corrected chi connectivity index (χ3v) is 6.76. The number of pyridine rings is 1. The summed E-state index contributed by atoms with van der Waals surface area (Å²) in [6.45, 7) is 8.30. The molecule has 1 aliphatic rings. The van der Waals surface area contributed by atoms with Crippen LogP contribution in [0.2, 0.25) is 0 Å². The smallest absolute Gasteiger partial charge is 0.438 e. The highest BCUT2D eigenvalue weighted by Gasteiger charge is 2.59. The number of aryl methyl sites for hydroxylation is 1. The summed E-state index contributed by atoms with van der Waals surface area (Å²) in [6.07, 6.45) is 3.42. The molecule has 2 atom stereocenters. The number of hydrogen-bond donors (Lipinski definition) is 1. The van der Waals surface area contributed by atoms with Crippen molar-refractivity contribution in [2.45, 2.75) is 46.1 Å². The maximum Gasteiger partial charge on any atom is 0.438 e. The Balaban J connectivity index is 1.73. The lowest BCUT2D eigenvalue weighted by Crippen LogP contribution is -2.27. The average Bonchev–Trinajstić information content (AvgIpc) is 3.13. The van der Waals surface area contributed by atoms with E-state index in [1.165, 1.54) is 0 Å². The predicted molar refractivity (Wildman–Crippen MR) is 123 cm³/mol. The lowest BCUT2D eigenvalue weighted by atomic mass is 9.98. The van der Waals surface area contributed by atoms with Gasteiger partial charge in [-0.25, -0.2) is 9.59 Å². The van der Waals surface area contributed by atoms with Crippen LogP contribution in [-0.2, 0) is 16.7 Å². The van der Waals surface area contributed by atoms with Crippen molar-refractivity contribution >= 4 is 16.9 Å². The highest BCUT2D eigenvalue weighted by molar-refractivity contribution is 5.97. The van der Waals surface area contributed by atoms with Crippen molar-refractivity contribution in [3.05, 3.63) is 69.9 Å². The predicted octanol–water partition coefficient (Wildman–Crippen LogP) is 4.21. The molecule has 5 rings (SSSR count). The molecule has 1 N–H and O–H groups in total. The van der Waals surface area contributed by atoms with Crippen molar-refractivity contribution < 1.29 is 14.1 Å². The van der Waals surface area contributed by atoms with Gasteiger partial charge in [0.15, 0.2) is 5.82 Å². The van der Waals surface area contributed by atoms with E-state index in [0.29, 0.717) is 11.5 Å². The number of carbonyl (C=O) groups is 1.